The second-order valence-electron chi connectivity index (χ2n) is 5.08. The average Bonchev–Trinajstić information content (AvgIpc) is 3.22. The molecule has 0 saturated heterocycles. The SMILES string of the molecule is CCc1ccc(NC(=O)c2n[nH]c(C3CC3)c2Cl)cc1. The van der Waals surface area contributed by atoms with Crippen LogP contribution in [0.2, 0.25) is 5.02 Å². The highest BCUT2D eigenvalue weighted by atomic mass is 35.5. The zero-order valence-corrected chi connectivity index (χ0v) is 12.0. The zero-order chi connectivity index (χ0) is 14.1. The van der Waals surface area contributed by atoms with Crippen LogP contribution in [-0.4, -0.2) is 16.1 Å². The van der Waals surface area contributed by atoms with Gasteiger partial charge in [0.05, 0.1) is 10.7 Å². The molecular formula is C15H16ClN3O. The molecule has 0 atom stereocenters. The number of carbonyl (C=O) groups is 1. The number of anilines is 1. The van der Waals surface area contributed by atoms with Crippen molar-refractivity contribution in [1.29, 1.82) is 0 Å². The fourth-order valence-corrected chi connectivity index (χ4v) is 2.47. The van der Waals surface area contributed by atoms with Gasteiger partial charge in [-0.25, -0.2) is 0 Å². The summed E-state index contributed by atoms with van der Waals surface area (Å²) < 4.78 is 0. The number of aromatic amines is 1. The Labute approximate surface area is 122 Å². The van der Waals surface area contributed by atoms with Crippen molar-refractivity contribution in [1.82, 2.24) is 10.2 Å². The Morgan fingerprint density at radius 1 is 1.40 bits per heavy atom. The summed E-state index contributed by atoms with van der Waals surface area (Å²) >= 11 is 6.21. The molecule has 1 aromatic heterocycles. The molecule has 0 aliphatic heterocycles. The lowest BCUT2D eigenvalue weighted by Gasteiger charge is -2.04. The van der Waals surface area contributed by atoms with Gasteiger partial charge in [0.25, 0.3) is 5.91 Å². The van der Waals surface area contributed by atoms with Crippen LogP contribution in [0.3, 0.4) is 0 Å². The molecule has 2 aromatic rings. The Kier molecular flexibility index (Phi) is 3.49. The van der Waals surface area contributed by atoms with Gasteiger partial charge < -0.3 is 5.32 Å². The summed E-state index contributed by atoms with van der Waals surface area (Å²) in [6, 6.07) is 7.77. The van der Waals surface area contributed by atoms with E-state index >= 15 is 0 Å². The molecule has 1 heterocycles. The monoisotopic (exact) mass is 289 g/mol. The molecular weight excluding hydrogens is 274 g/mol. The summed E-state index contributed by atoms with van der Waals surface area (Å²) in [6.45, 7) is 2.09. The maximum absolute atomic E-state index is 12.2. The van der Waals surface area contributed by atoms with Crippen LogP contribution in [0.15, 0.2) is 24.3 Å². The highest BCUT2D eigenvalue weighted by molar-refractivity contribution is 6.34. The molecule has 4 nitrogen and oxygen atoms in total. The van der Waals surface area contributed by atoms with Gasteiger partial charge in [-0.05, 0) is 37.0 Å². The zero-order valence-electron chi connectivity index (χ0n) is 11.2. The van der Waals surface area contributed by atoms with E-state index in [9.17, 15) is 4.79 Å². The van der Waals surface area contributed by atoms with Gasteiger partial charge in [-0.3, -0.25) is 9.89 Å². The molecule has 2 N–H and O–H groups in total. The highest BCUT2D eigenvalue weighted by Gasteiger charge is 2.30. The maximum atomic E-state index is 12.2. The molecule has 20 heavy (non-hydrogen) atoms. The number of aryl methyl sites for hydroxylation is 1. The largest absolute Gasteiger partial charge is 0.321 e. The van der Waals surface area contributed by atoms with Crippen molar-refractivity contribution < 1.29 is 4.79 Å². The summed E-state index contributed by atoms with van der Waals surface area (Å²) in [5, 5.41) is 10.2. The number of H-pyrrole nitrogens is 1. The van der Waals surface area contributed by atoms with Crippen LogP contribution in [0.1, 0.15) is 47.4 Å². The summed E-state index contributed by atoms with van der Waals surface area (Å²) in [5.74, 6) is 0.169. The Bertz CT molecular complexity index is 629. The average molecular weight is 290 g/mol. The van der Waals surface area contributed by atoms with Gasteiger partial charge in [-0.2, -0.15) is 5.10 Å². The number of amides is 1. The van der Waals surface area contributed by atoms with E-state index in [1.54, 1.807) is 0 Å². The molecule has 1 saturated carbocycles. The van der Waals surface area contributed by atoms with E-state index < -0.39 is 0 Å². The lowest BCUT2D eigenvalue weighted by atomic mass is 10.1. The quantitative estimate of drug-likeness (QED) is 0.900. The fraction of sp³-hybridized carbons (Fsp3) is 0.333. The number of benzene rings is 1. The van der Waals surface area contributed by atoms with Crippen LogP contribution in [0.25, 0.3) is 0 Å². The molecule has 1 aromatic carbocycles. The molecule has 1 fully saturated rings. The van der Waals surface area contributed by atoms with Crippen molar-refractivity contribution in [2.24, 2.45) is 0 Å². The summed E-state index contributed by atoms with van der Waals surface area (Å²) in [5.41, 5.74) is 3.14. The van der Waals surface area contributed by atoms with Crippen LogP contribution in [0.4, 0.5) is 5.69 Å². The Hall–Kier alpha value is -1.81. The van der Waals surface area contributed by atoms with Gasteiger partial charge in [0, 0.05) is 11.6 Å². The normalized spacial score (nSPS) is 14.3. The van der Waals surface area contributed by atoms with Crippen molar-refractivity contribution in [2.75, 3.05) is 5.32 Å². The van der Waals surface area contributed by atoms with E-state index in [-0.39, 0.29) is 11.6 Å². The van der Waals surface area contributed by atoms with Gasteiger partial charge in [0.2, 0.25) is 0 Å². The predicted molar refractivity (Wildman–Crippen MR) is 79.3 cm³/mol. The first-order valence-corrected chi connectivity index (χ1v) is 7.21. The Morgan fingerprint density at radius 3 is 2.70 bits per heavy atom. The number of nitrogens with zero attached hydrogens (tertiary/aromatic N) is 1. The molecule has 0 spiro atoms. The molecule has 1 aliphatic rings. The van der Waals surface area contributed by atoms with Crippen LogP contribution < -0.4 is 5.32 Å². The number of halogens is 1. The smallest absolute Gasteiger partial charge is 0.277 e. The topological polar surface area (TPSA) is 57.8 Å². The molecule has 0 radical (unpaired) electrons. The first kappa shape index (κ1) is 13.2. The molecule has 5 heteroatoms. The van der Waals surface area contributed by atoms with Crippen LogP contribution >= 0.6 is 11.6 Å². The van der Waals surface area contributed by atoms with Crippen molar-refractivity contribution in [2.45, 2.75) is 32.1 Å². The minimum atomic E-state index is -0.276. The maximum Gasteiger partial charge on any atom is 0.277 e. The number of nitrogens with one attached hydrogen (secondary N) is 2. The van der Waals surface area contributed by atoms with Crippen molar-refractivity contribution in [3.63, 3.8) is 0 Å². The Morgan fingerprint density at radius 2 is 2.10 bits per heavy atom. The van der Waals surface area contributed by atoms with Gasteiger partial charge in [-0.1, -0.05) is 30.7 Å². The van der Waals surface area contributed by atoms with E-state index in [0.29, 0.717) is 10.9 Å². The molecule has 0 unspecified atom stereocenters. The number of aromatic nitrogens is 2. The van der Waals surface area contributed by atoms with E-state index in [4.69, 9.17) is 11.6 Å². The van der Waals surface area contributed by atoms with Crippen molar-refractivity contribution in [3.8, 4) is 0 Å². The van der Waals surface area contributed by atoms with Gasteiger partial charge >= 0.3 is 0 Å². The summed E-state index contributed by atoms with van der Waals surface area (Å²) in [6.07, 6.45) is 3.20. The van der Waals surface area contributed by atoms with E-state index in [1.807, 2.05) is 24.3 Å². The second kappa shape index (κ2) is 5.29. The van der Waals surface area contributed by atoms with Crippen molar-refractivity contribution in [3.05, 3.63) is 46.2 Å². The van der Waals surface area contributed by atoms with Crippen LogP contribution in [-0.2, 0) is 6.42 Å². The van der Waals surface area contributed by atoms with Gasteiger partial charge in [0.15, 0.2) is 5.69 Å². The standard InChI is InChI=1S/C15H16ClN3O/c1-2-9-3-7-11(8-4-9)17-15(20)14-12(16)13(18-19-14)10-5-6-10/h3-4,7-8,10H,2,5-6H2,1H3,(H,17,20)(H,18,19). The summed E-state index contributed by atoms with van der Waals surface area (Å²) in [4.78, 5) is 12.2. The molecule has 1 amide bonds. The molecule has 104 valence electrons. The molecule has 3 rings (SSSR count). The second-order valence-corrected chi connectivity index (χ2v) is 5.46. The molecule has 1 aliphatic carbocycles. The number of carbonyl (C=O) groups excluding carboxylic acids is 1. The van der Waals surface area contributed by atoms with Crippen molar-refractivity contribution >= 4 is 23.2 Å². The van der Waals surface area contributed by atoms with Gasteiger partial charge in [0.1, 0.15) is 0 Å². The van der Waals surface area contributed by atoms with Crippen LogP contribution in [0.5, 0.6) is 0 Å². The van der Waals surface area contributed by atoms with E-state index in [0.717, 1.165) is 30.6 Å². The van der Waals surface area contributed by atoms with E-state index in [2.05, 4.69) is 22.4 Å². The highest BCUT2D eigenvalue weighted by Crippen LogP contribution is 2.42. The van der Waals surface area contributed by atoms with Gasteiger partial charge in [-0.15, -0.1) is 0 Å². The third-order valence-electron chi connectivity index (χ3n) is 3.55. The predicted octanol–water partition coefficient (Wildman–Crippen LogP) is 3.76. The minimum Gasteiger partial charge on any atom is -0.321 e. The lowest BCUT2D eigenvalue weighted by molar-refractivity contribution is 0.102. The number of hydrogen-bond acceptors (Lipinski definition) is 2. The lowest BCUT2D eigenvalue weighted by Crippen LogP contribution is -2.13. The third-order valence-corrected chi connectivity index (χ3v) is 3.94. The van der Waals surface area contributed by atoms with Crippen LogP contribution in [0, 0.1) is 0 Å². The minimum absolute atomic E-state index is 0.271. The number of hydrogen-bond donors (Lipinski definition) is 2. The van der Waals surface area contributed by atoms with E-state index in [1.165, 1.54) is 5.56 Å². The number of rotatable bonds is 4. The summed E-state index contributed by atoms with van der Waals surface area (Å²) in [7, 11) is 0. The fourth-order valence-electron chi connectivity index (χ4n) is 2.15. The first-order chi connectivity index (χ1) is 9.69. The third kappa shape index (κ3) is 2.56. The molecule has 0 bridgehead atoms. The Balaban J connectivity index is 1.75. The first-order valence-electron chi connectivity index (χ1n) is 6.83.